The minimum absolute atomic E-state index is 0.0196. The minimum atomic E-state index is 0.0196. The fourth-order valence-electron chi connectivity index (χ4n) is 2.58. The Bertz CT molecular complexity index is 887. The third kappa shape index (κ3) is 4.28. The molecule has 0 radical (unpaired) electrons. The Labute approximate surface area is 164 Å². The highest BCUT2D eigenvalue weighted by molar-refractivity contribution is 9.11. The molecule has 0 aliphatic rings. The number of aromatic nitrogens is 1. The molecule has 0 atom stereocenters. The Morgan fingerprint density at radius 3 is 2.60 bits per heavy atom. The van der Waals surface area contributed by atoms with Crippen LogP contribution in [0.15, 0.2) is 34.1 Å². The molecule has 0 fully saturated rings. The summed E-state index contributed by atoms with van der Waals surface area (Å²) in [5.74, 6) is 0.0196. The van der Waals surface area contributed by atoms with Crippen LogP contribution in [0.25, 0.3) is 10.2 Å². The van der Waals surface area contributed by atoms with Gasteiger partial charge in [-0.05, 0) is 73.7 Å². The maximum Gasteiger partial charge on any atom is 0.270 e. The Kier molecular flexibility index (Phi) is 5.89. The molecule has 0 N–H and O–H groups in total. The number of benzene rings is 1. The Balaban J connectivity index is 1.93. The molecular weight excluding hydrogens is 418 g/mol. The highest BCUT2D eigenvalue weighted by Gasteiger charge is 2.22. The molecule has 7 heteroatoms. The van der Waals surface area contributed by atoms with Gasteiger partial charge >= 0.3 is 0 Å². The number of halogens is 1. The maximum atomic E-state index is 13.1. The van der Waals surface area contributed by atoms with E-state index >= 15 is 0 Å². The topological polar surface area (TPSA) is 36.4 Å². The molecule has 2 aromatic heterocycles. The van der Waals surface area contributed by atoms with Crippen molar-refractivity contribution < 1.29 is 4.79 Å². The molecule has 0 aliphatic carbocycles. The second-order valence-electron chi connectivity index (χ2n) is 6.14. The van der Waals surface area contributed by atoms with Gasteiger partial charge in [-0.15, -0.1) is 11.3 Å². The summed E-state index contributed by atoms with van der Waals surface area (Å²) in [7, 11) is 4.09. The molecule has 3 aromatic rings. The summed E-state index contributed by atoms with van der Waals surface area (Å²) in [5, 5.41) is 0.776. The zero-order valence-corrected chi connectivity index (χ0v) is 17.7. The van der Waals surface area contributed by atoms with Crippen LogP contribution in [0.4, 0.5) is 5.13 Å². The first-order valence-electron chi connectivity index (χ1n) is 8.04. The summed E-state index contributed by atoms with van der Waals surface area (Å²) in [6, 6.07) is 9.94. The normalized spacial score (nSPS) is 11.4. The number of para-hydroxylation sites is 1. The molecule has 0 unspecified atom stereocenters. The first-order valence-corrected chi connectivity index (χ1v) is 10.5. The molecule has 2 heterocycles. The van der Waals surface area contributed by atoms with Gasteiger partial charge in [-0.25, -0.2) is 4.98 Å². The number of anilines is 1. The number of hydrogen-bond acceptors (Lipinski definition) is 5. The number of rotatable bonds is 6. The lowest BCUT2D eigenvalue weighted by Crippen LogP contribution is -2.32. The van der Waals surface area contributed by atoms with E-state index in [9.17, 15) is 4.79 Å². The molecule has 132 valence electrons. The van der Waals surface area contributed by atoms with Gasteiger partial charge in [0, 0.05) is 6.54 Å². The molecule has 3 rings (SSSR count). The van der Waals surface area contributed by atoms with Crippen LogP contribution >= 0.6 is 38.6 Å². The third-order valence-corrected chi connectivity index (χ3v) is 6.51. The Hall–Kier alpha value is -1.28. The van der Waals surface area contributed by atoms with Gasteiger partial charge in [-0.3, -0.25) is 9.69 Å². The van der Waals surface area contributed by atoms with Crippen molar-refractivity contribution in [2.45, 2.75) is 13.3 Å². The van der Waals surface area contributed by atoms with Gasteiger partial charge < -0.3 is 4.90 Å². The zero-order valence-electron chi connectivity index (χ0n) is 14.5. The molecule has 4 nitrogen and oxygen atoms in total. The molecule has 25 heavy (non-hydrogen) atoms. The minimum Gasteiger partial charge on any atom is -0.309 e. The van der Waals surface area contributed by atoms with Crippen molar-refractivity contribution in [1.82, 2.24) is 9.88 Å². The highest BCUT2D eigenvalue weighted by Crippen LogP contribution is 2.32. The van der Waals surface area contributed by atoms with Gasteiger partial charge in [-0.2, -0.15) is 0 Å². The van der Waals surface area contributed by atoms with Crippen LogP contribution in [-0.4, -0.2) is 43.0 Å². The van der Waals surface area contributed by atoms with E-state index in [0.29, 0.717) is 6.54 Å². The first kappa shape index (κ1) is 18.5. The quantitative estimate of drug-likeness (QED) is 0.542. The van der Waals surface area contributed by atoms with Crippen molar-refractivity contribution in [3.05, 3.63) is 44.6 Å². The van der Waals surface area contributed by atoms with E-state index in [1.165, 1.54) is 11.3 Å². The van der Waals surface area contributed by atoms with Crippen molar-refractivity contribution in [2.24, 2.45) is 0 Å². The summed E-state index contributed by atoms with van der Waals surface area (Å²) in [5.41, 5.74) is 2.12. The first-order chi connectivity index (χ1) is 12.0. The summed E-state index contributed by atoms with van der Waals surface area (Å²) in [6.45, 7) is 3.65. The summed E-state index contributed by atoms with van der Waals surface area (Å²) < 4.78 is 2.08. The molecule has 0 aliphatic heterocycles. The summed E-state index contributed by atoms with van der Waals surface area (Å²) >= 11 is 6.49. The van der Waals surface area contributed by atoms with Crippen LogP contribution in [0.2, 0.25) is 0 Å². The number of fused-ring (bicyclic) bond motifs is 1. The number of thiophene rings is 1. The number of hydrogen-bond donors (Lipinski definition) is 0. The number of aryl methyl sites for hydroxylation is 1. The fourth-order valence-corrected chi connectivity index (χ4v) is 4.98. The lowest BCUT2D eigenvalue weighted by Gasteiger charge is -2.20. The number of thiazole rings is 1. The maximum absolute atomic E-state index is 13.1. The van der Waals surface area contributed by atoms with Crippen LogP contribution in [0.5, 0.6) is 0 Å². The van der Waals surface area contributed by atoms with Crippen LogP contribution in [-0.2, 0) is 0 Å². The van der Waals surface area contributed by atoms with E-state index in [0.717, 1.165) is 42.5 Å². The highest BCUT2D eigenvalue weighted by atomic mass is 79.9. The van der Waals surface area contributed by atoms with E-state index in [-0.39, 0.29) is 5.91 Å². The molecule has 1 aromatic carbocycles. The largest absolute Gasteiger partial charge is 0.309 e. The van der Waals surface area contributed by atoms with Crippen LogP contribution in [0, 0.1) is 6.92 Å². The fraction of sp³-hybridized carbons (Fsp3) is 0.333. The van der Waals surface area contributed by atoms with Crippen LogP contribution < -0.4 is 4.90 Å². The van der Waals surface area contributed by atoms with Gasteiger partial charge in [0.15, 0.2) is 5.13 Å². The lowest BCUT2D eigenvalue weighted by atomic mass is 10.2. The summed E-state index contributed by atoms with van der Waals surface area (Å²) in [4.78, 5) is 22.5. The number of carbonyl (C=O) groups excluding carboxylic acids is 1. The predicted molar refractivity (Wildman–Crippen MR) is 111 cm³/mol. The van der Waals surface area contributed by atoms with Crippen LogP contribution in [0.1, 0.15) is 21.7 Å². The zero-order chi connectivity index (χ0) is 18.0. The number of amides is 1. The van der Waals surface area contributed by atoms with E-state index < -0.39 is 0 Å². The number of nitrogens with zero attached hydrogens (tertiary/aromatic N) is 3. The predicted octanol–water partition coefficient (Wildman–Crippen LogP) is 5.03. The van der Waals surface area contributed by atoms with Crippen molar-refractivity contribution in [3.8, 4) is 0 Å². The van der Waals surface area contributed by atoms with Gasteiger partial charge in [-0.1, -0.05) is 23.5 Å². The molecule has 0 bridgehead atoms. The molecule has 0 spiro atoms. The monoisotopic (exact) mass is 437 g/mol. The average molecular weight is 438 g/mol. The third-order valence-electron chi connectivity index (χ3n) is 3.86. The smallest absolute Gasteiger partial charge is 0.270 e. The van der Waals surface area contributed by atoms with E-state index in [4.69, 9.17) is 4.98 Å². The molecule has 1 amide bonds. The molecule has 0 saturated heterocycles. The summed E-state index contributed by atoms with van der Waals surface area (Å²) in [6.07, 6.45) is 0.903. The van der Waals surface area contributed by atoms with Crippen molar-refractivity contribution in [3.63, 3.8) is 0 Å². The van der Waals surface area contributed by atoms with Gasteiger partial charge in [0.1, 0.15) is 0 Å². The standard InChI is InChI=1S/C18H20BrN3OS2/c1-12-6-4-7-13-16(12)20-18(25-13)22(11-5-10-21(2)3)17(23)14-8-9-15(19)24-14/h4,6-9H,5,10-11H2,1-3H3. The lowest BCUT2D eigenvalue weighted by molar-refractivity contribution is 0.0990. The van der Waals surface area contributed by atoms with E-state index in [1.54, 1.807) is 11.3 Å². The van der Waals surface area contributed by atoms with Gasteiger partial charge in [0.05, 0.1) is 18.9 Å². The second-order valence-corrected chi connectivity index (χ2v) is 9.61. The van der Waals surface area contributed by atoms with Crippen molar-refractivity contribution >= 4 is 59.9 Å². The van der Waals surface area contributed by atoms with Crippen LogP contribution in [0.3, 0.4) is 0 Å². The van der Waals surface area contributed by atoms with E-state index in [2.05, 4.69) is 39.9 Å². The second kappa shape index (κ2) is 7.95. The Morgan fingerprint density at radius 1 is 1.16 bits per heavy atom. The van der Waals surface area contributed by atoms with Crippen molar-refractivity contribution in [1.29, 1.82) is 0 Å². The van der Waals surface area contributed by atoms with Gasteiger partial charge in [0.25, 0.3) is 5.91 Å². The number of carbonyl (C=O) groups is 1. The van der Waals surface area contributed by atoms with Gasteiger partial charge in [0.2, 0.25) is 0 Å². The molecule has 0 saturated carbocycles. The van der Waals surface area contributed by atoms with E-state index in [1.807, 2.05) is 37.2 Å². The molecular formula is C18H20BrN3OS2. The van der Waals surface area contributed by atoms with Crippen molar-refractivity contribution in [2.75, 3.05) is 32.1 Å². The SMILES string of the molecule is Cc1cccc2sc(N(CCCN(C)C)C(=O)c3ccc(Br)s3)nc12. The average Bonchev–Trinajstić information content (AvgIpc) is 3.18. The Morgan fingerprint density at radius 2 is 1.96 bits per heavy atom.